The fourth-order valence-electron chi connectivity index (χ4n) is 1.86. The van der Waals surface area contributed by atoms with Crippen LogP contribution in [0, 0.1) is 0 Å². The average molecular weight is 363 g/mol. The standard InChI is InChI=1S/C14H13N5O3S2/c1-21-10-5-3-2-4-9(10)16-12(20)6-11-17-13(22-19-11)7-23-14-18-15-8-24-14/h2-5,8H,6-7H2,1H3,(H,16,20). The second kappa shape index (κ2) is 7.88. The Hall–Kier alpha value is -2.46. The van der Waals surface area contributed by atoms with E-state index in [4.69, 9.17) is 9.26 Å². The summed E-state index contributed by atoms with van der Waals surface area (Å²) in [5.74, 6) is 1.60. The van der Waals surface area contributed by atoms with Crippen LogP contribution in [0.5, 0.6) is 5.75 Å². The van der Waals surface area contributed by atoms with Crippen LogP contribution >= 0.6 is 23.1 Å². The monoisotopic (exact) mass is 363 g/mol. The van der Waals surface area contributed by atoms with Crippen LogP contribution in [0.4, 0.5) is 5.69 Å². The molecule has 0 fully saturated rings. The molecule has 24 heavy (non-hydrogen) atoms. The van der Waals surface area contributed by atoms with Crippen molar-refractivity contribution < 1.29 is 14.1 Å². The summed E-state index contributed by atoms with van der Waals surface area (Å²) in [5, 5.41) is 14.2. The van der Waals surface area contributed by atoms with Crippen molar-refractivity contribution in [3.63, 3.8) is 0 Å². The lowest BCUT2D eigenvalue weighted by Crippen LogP contribution is -2.15. The maximum atomic E-state index is 12.1. The maximum absolute atomic E-state index is 12.1. The van der Waals surface area contributed by atoms with E-state index in [1.54, 1.807) is 24.8 Å². The Kier molecular flexibility index (Phi) is 5.39. The number of para-hydroxylation sites is 2. The number of hydrogen-bond donors (Lipinski definition) is 1. The fraction of sp³-hybridized carbons (Fsp3) is 0.214. The number of nitrogens with one attached hydrogen (secondary N) is 1. The Morgan fingerprint density at radius 2 is 2.29 bits per heavy atom. The Morgan fingerprint density at radius 1 is 1.42 bits per heavy atom. The summed E-state index contributed by atoms with van der Waals surface area (Å²) < 4.78 is 11.1. The number of thioether (sulfide) groups is 1. The van der Waals surface area contributed by atoms with Crippen molar-refractivity contribution in [3.05, 3.63) is 41.5 Å². The summed E-state index contributed by atoms with van der Waals surface area (Å²) in [4.78, 5) is 16.3. The van der Waals surface area contributed by atoms with Crippen LogP contribution < -0.4 is 10.1 Å². The minimum Gasteiger partial charge on any atom is -0.495 e. The molecule has 0 aliphatic heterocycles. The summed E-state index contributed by atoms with van der Waals surface area (Å²) >= 11 is 2.89. The number of rotatable bonds is 7. The summed E-state index contributed by atoms with van der Waals surface area (Å²) in [6.45, 7) is 0. The molecule has 0 bridgehead atoms. The first-order chi connectivity index (χ1) is 11.7. The van der Waals surface area contributed by atoms with Crippen LogP contribution in [0.3, 0.4) is 0 Å². The van der Waals surface area contributed by atoms with Crippen molar-refractivity contribution in [2.45, 2.75) is 16.5 Å². The number of amides is 1. The van der Waals surface area contributed by atoms with Crippen molar-refractivity contribution in [1.29, 1.82) is 0 Å². The normalized spacial score (nSPS) is 10.5. The molecule has 0 spiro atoms. The highest BCUT2D eigenvalue weighted by molar-refractivity contribution is 8.00. The summed E-state index contributed by atoms with van der Waals surface area (Å²) in [6, 6.07) is 7.18. The van der Waals surface area contributed by atoms with Gasteiger partial charge in [0, 0.05) is 0 Å². The van der Waals surface area contributed by atoms with Crippen molar-refractivity contribution in [1.82, 2.24) is 20.3 Å². The lowest BCUT2D eigenvalue weighted by molar-refractivity contribution is -0.115. The zero-order valence-corrected chi connectivity index (χ0v) is 14.3. The predicted octanol–water partition coefficient (Wildman–Crippen LogP) is 2.40. The minimum atomic E-state index is -0.247. The Bertz CT molecular complexity index is 806. The number of carbonyl (C=O) groups excluding carboxylic acids is 1. The molecule has 0 atom stereocenters. The molecule has 2 aromatic heterocycles. The van der Waals surface area contributed by atoms with E-state index in [2.05, 4.69) is 25.7 Å². The molecule has 0 radical (unpaired) electrons. The van der Waals surface area contributed by atoms with Crippen molar-refractivity contribution in [2.24, 2.45) is 0 Å². The second-order valence-electron chi connectivity index (χ2n) is 4.52. The minimum absolute atomic E-state index is 0.0189. The average Bonchev–Trinajstić information content (AvgIpc) is 3.25. The van der Waals surface area contributed by atoms with Gasteiger partial charge in [-0.2, -0.15) is 4.98 Å². The number of methoxy groups -OCH3 is 1. The zero-order valence-electron chi connectivity index (χ0n) is 12.6. The van der Waals surface area contributed by atoms with Crippen LogP contribution in [0.15, 0.2) is 38.6 Å². The molecule has 0 unspecified atom stereocenters. The van der Waals surface area contributed by atoms with Crippen molar-refractivity contribution in [2.75, 3.05) is 12.4 Å². The van der Waals surface area contributed by atoms with Gasteiger partial charge in [-0.05, 0) is 12.1 Å². The third kappa shape index (κ3) is 4.30. The molecule has 2 heterocycles. The van der Waals surface area contributed by atoms with Crippen LogP contribution in [-0.4, -0.2) is 33.4 Å². The van der Waals surface area contributed by atoms with Gasteiger partial charge in [0.1, 0.15) is 11.3 Å². The molecule has 1 aromatic carbocycles. The maximum Gasteiger partial charge on any atom is 0.237 e. The third-order valence-electron chi connectivity index (χ3n) is 2.87. The number of carbonyl (C=O) groups is 1. The number of anilines is 1. The van der Waals surface area contributed by atoms with E-state index < -0.39 is 0 Å². The molecule has 1 amide bonds. The van der Waals surface area contributed by atoms with E-state index >= 15 is 0 Å². The Morgan fingerprint density at radius 3 is 3.08 bits per heavy atom. The highest BCUT2D eigenvalue weighted by Gasteiger charge is 2.13. The van der Waals surface area contributed by atoms with E-state index in [0.29, 0.717) is 28.9 Å². The molecule has 8 nitrogen and oxygen atoms in total. The van der Waals surface area contributed by atoms with Crippen LogP contribution in [-0.2, 0) is 17.0 Å². The Labute approximate surface area is 145 Å². The van der Waals surface area contributed by atoms with Crippen LogP contribution in [0.2, 0.25) is 0 Å². The second-order valence-corrected chi connectivity index (χ2v) is 6.58. The van der Waals surface area contributed by atoms with E-state index in [1.807, 2.05) is 12.1 Å². The largest absolute Gasteiger partial charge is 0.495 e. The number of nitrogens with zero attached hydrogens (tertiary/aromatic N) is 4. The van der Waals surface area contributed by atoms with Crippen molar-refractivity contribution >= 4 is 34.7 Å². The number of hydrogen-bond acceptors (Lipinski definition) is 9. The summed E-state index contributed by atoms with van der Waals surface area (Å²) in [6.07, 6.45) is 0.0189. The van der Waals surface area contributed by atoms with Gasteiger partial charge in [-0.3, -0.25) is 4.79 Å². The summed E-state index contributed by atoms with van der Waals surface area (Å²) in [5.41, 5.74) is 2.25. The molecule has 124 valence electrons. The third-order valence-corrected chi connectivity index (χ3v) is 4.71. The Balaban J connectivity index is 1.55. The van der Waals surface area contributed by atoms with Gasteiger partial charge >= 0.3 is 0 Å². The molecular formula is C14H13N5O3S2. The van der Waals surface area contributed by atoms with Gasteiger partial charge in [0.15, 0.2) is 10.2 Å². The molecule has 1 N–H and O–H groups in total. The lowest BCUT2D eigenvalue weighted by atomic mass is 10.2. The quantitative estimate of drug-likeness (QED) is 0.638. The number of ether oxygens (including phenoxy) is 1. The van der Waals surface area contributed by atoms with Gasteiger partial charge in [-0.15, -0.1) is 10.2 Å². The topological polar surface area (TPSA) is 103 Å². The molecule has 0 aliphatic rings. The first kappa shape index (κ1) is 16.4. The highest BCUT2D eigenvalue weighted by atomic mass is 32.2. The first-order valence-electron chi connectivity index (χ1n) is 6.88. The molecule has 0 saturated carbocycles. The molecule has 0 saturated heterocycles. The van der Waals surface area contributed by atoms with Crippen LogP contribution in [0.1, 0.15) is 11.7 Å². The van der Waals surface area contributed by atoms with Crippen molar-refractivity contribution in [3.8, 4) is 5.75 Å². The van der Waals surface area contributed by atoms with E-state index in [0.717, 1.165) is 4.34 Å². The smallest absolute Gasteiger partial charge is 0.237 e. The van der Waals surface area contributed by atoms with E-state index in [-0.39, 0.29) is 12.3 Å². The summed E-state index contributed by atoms with van der Waals surface area (Å²) in [7, 11) is 1.55. The van der Waals surface area contributed by atoms with Gasteiger partial charge in [-0.25, -0.2) is 0 Å². The molecule has 10 heteroatoms. The number of aromatic nitrogens is 4. The van der Waals surface area contributed by atoms with Crippen LogP contribution in [0.25, 0.3) is 0 Å². The van der Waals surface area contributed by atoms with Gasteiger partial charge in [-0.1, -0.05) is 40.4 Å². The van der Waals surface area contributed by atoms with E-state index in [1.165, 1.54) is 23.1 Å². The van der Waals surface area contributed by atoms with E-state index in [9.17, 15) is 4.79 Å². The lowest BCUT2D eigenvalue weighted by Gasteiger charge is -2.08. The SMILES string of the molecule is COc1ccccc1NC(=O)Cc1noc(CSc2nncs2)n1. The molecular weight excluding hydrogens is 350 g/mol. The molecule has 3 rings (SSSR count). The fourth-order valence-corrected chi connectivity index (χ4v) is 3.18. The van der Waals surface area contributed by atoms with Gasteiger partial charge < -0.3 is 14.6 Å². The van der Waals surface area contributed by atoms with Gasteiger partial charge in [0.25, 0.3) is 0 Å². The predicted molar refractivity (Wildman–Crippen MR) is 89.1 cm³/mol. The van der Waals surface area contributed by atoms with Gasteiger partial charge in [0.2, 0.25) is 11.8 Å². The molecule has 3 aromatic rings. The zero-order chi connectivity index (χ0) is 16.8. The van der Waals surface area contributed by atoms with Gasteiger partial charge in [0.05, 0.1) is 25.0 Å². The number of benzene rings is 1. The first-order valence-corrected chi connectivity index (χ1v) is 8.74. The highest BCUT2D eigenvalue weighted by Crippen LogP contribution is 2.24. The molecule has 0 aliphatic carbocycles.